The average Bonchev–Trinajstić information content (AvgIpc) is 2.65. The SMILES string of the molecule is COCCCCCn1c(C)cc(C(=O)CCl)c1C. The normalized spacial score (nSPS) is 10.9. The lowest BCUT2D eigenvalue weighted by molar-refractivity contribution is 0.102. The first-order valence-corrected chi connectivity index (χ1v) is 6.90. The number of rotatable bonds is 8. The summed E-state index contributed by atoms with van der Waals surface area (Å²) >= 11 is 5.61. The number of hydrogen-bond acceptors (Lipinski definition) is 2. The molecule has 0 aliphatic rings. The lowest BCUT2D eigenvalue weighted by atomic mass is 10.2. The summed E-state index contributed by atoms with van der Waals surface area (Å²) < 4.78 is 7.23. The van der Waals surface area contributed by atoms with Crippen molar-refractivity contribution >= 4 is 17.4 Å². The van der Waals surface area contributed by atoms with E-state index >= 15 is 0 Å². The summed E-state index contributed by atoms with van der Waals surface area (Å²) in [6, 6.07) is 1.94. The van der Waals surface area contributed by atoms with Crippen molar-refractivity contribution in [3.05, 3.63) is 23.0 Å². The number of hydrogen-bond donors (Lipinski definition) is 0. The molecule has 0 N–H and O–H groups in total. The molecule has 0 saturated carbocycles. The van der Waals surface area contributed by atoms with Gasteiger partial charge < -0.3 is 9.30 Å². The van der Waals surface area contributed by atoms with Crippen molar-refractivity contribution in [3.8, 4) is 0 Å². The molecule has 0 fully saturated rings. The van der Waals surface area contributed by atoms with Crippen LogP contribution in [-0.4, -0.2) is 29.9 Å². The van der Waals surface area contributed by atoms with Gasteiger partial charge in [-0.05, 0) is 39.2 Å². The zero-order chi connectivity index (χ0) is 13.5. The molecule has 18 heavy (non-hydrogen) atoms. The molecule has 4 heteroatoms. The fourth-order valence-corrected chi connectivity index (χ4v) is 2.34. The summed E-state index contributed by atoms with van der Waals surface area (Å²) in [5.74, 6) is 0.0633. The molecule has 0 aliphatic heterocycles. The highest BCUT2D eigenvalue weighted by molar-refractivity contribution is 6.30. The van der Waals surface area contributed by atoms with Crippen LogP contribution in [0.5, 0.6) is 0 Å². The lowest BCUT2D eigenvalue weighted by Crippen LogP contribution is -2.06. The molecule has 0 bridgehead atoms. The van der Waals surface area contributed by atoms with E-state index in [0.717, 1.165) is 49.4 Å². The van der Waals surface area contributed by atoms with Crippen LogP contribution in [0.4, 0.5) is 0 Å². The van der Waals surface area contributed by atoms with E-state index in [4.69, 9.17) is 16.3 Å². The summed E-state index contributed by atoms with van der Waals surface area (Å²) in [5.41, 5.74) is 2.93. The van der Waals surface area contributed by atoms with Gasteiger partial charge in [-0.1, -0.05) is 0 Å². The molecular weight excluding hydrogens is 250 g/mol. The molecule has 1 aromatic rings. The third-order valence-corrected chi connectivity index (χ3v) is 3.47. The van der Waals surface area contributed by atoms with E-state index < -0.39 is 0 Å². The van der Waals surface area contributed by atoms with Gasteiger partial charge in [0, 0.05) is 37.2 Å². The summed E-state index contributed by atoms with van der Waals surface area (Å²) in [5, 5.41) is 0. The van der Waals surface area contributed by atoms with Crippen molar-refractivity contribution in [1.29, 1.82) is 0 Å². The van der Waals surface area contributed by atoms with Crippen LogP contribution in [0.25, 0.3) is 0 Å². The van der Waals surface area contributed by atoms with Crippen molar-refractivity contribution < 1.29 is 9.53 Å². The van der Waals surface area contributed by atoms with E-state index in [1.54, 1.807) is 7.11 Å². The minimum Gasteiger partial charge on any atom is -0.385 e. The van der Waals surface area contributed by atoms with Gasteiger partial charge in [-0.25, -0.2) is 0 Å². The molecule has 102 valence electrons. The van der Waals surface area contributed by atoms with E-state index in [0.29, 0.717) is 0 Å². The standard InChI is InChI=1S/C14H22ClNO2/c1-11-9-13(14(17)10-15)12(2)16(11)7-5-4-6-8-18-3/h9H,4-8,10H2,1-3H3. The Bertz CT molecular complexity index is 399. The summed E-state index contributed by atoms with van der Waals surface area (Å²) in [7, 11) is 1.73. The van der Waals surface area contributed by atoms with E-state index in [1.165, 1.54) is 0 Å². The molecule has 0 amide bonds. The van der Waals surface area contributed by atoms with E-state index in [-0.39, 0.29) is 11.7 Å². The molecular formula is C14H22ClNO2. The van der Waals surface area contributed by atoms with Crippen molar-refractivity contribution in [3.63, 3.8) is 0 Å². The first kappa shape index (κ1) is 15.3. The molecule has 0 saturated heterocycles. The van der Waals surface area contributed by atoms with E-state index in [2.05, 4.69) is 4.57 Å². The van der Waals surface area contributed by atoms with Crippen LogP contribution >= 0.6 is 11.6 Å². The number of halogens is 1. The van der Waals surface area contributed by atoms with Gasteiger partial charge in [0.15, 0.2) is 5.78 Å². The van der Waals surface area contributed by atoms with Crippen LogP contribution in [0.15, 0.2) is 6.07 Å². The Morgan fingerprint density at radius 2 is 2.06 bits per heavy atom. The Labute approximate surface area is 114 Å². The predicted molar refractivity (Wildman–Crippen MR) is 74.7 cm³/mol. The van der Waals surface area contributed by atoms with Crippen molar-refractivity contribution in [2.45, 2.75) is 39.7 Å². The lowest BCUT2D eigenvalue weighted by Gasteiger charge is -2.09. The van der Waals surface area contributed by atoms with Crippen LogP contribution in [0.2, 0.25) is 0 Å². The highest BCUT2D eigenvalue weighted by Crippen LogP contribution is 2.17. The minimum absolute atomic E-state index is 0.00963. The molecule has 0 aliphatic carbocycles. The van der Waals surface area contributed by atoms with Gasteiger partial charge in [-0.2, -0.15) is 0 Å². The average molecular weight is 272 g/mol. The summed E-state index contributed by atoms with van der Waals surface area (Å²) in [6.07, 6.45) is 3.33. The Kier molecular flexibility index (Phi) is 6.44. The maximum Gasteiger partial charge on any atom is 0.179 e. The van der Waals surface area contributed by atoms with E-state index in [9.17, 15) is 4.79 Å². The topological polar surface area (TPSA) is 31.2 Å². The van der Waals surface area contributed by atoms with Crippen molar-refractivity contribution in [1.82, 2.24) is 4.57 Å². The third-order valence-electron chi connectivity index (χ3n) is 3.23. The predicted octanol–water partition coefficient (Wildman–Crippen LogP) is 3.34. The van der Waals surface area contributed by atoms with Crippen molar-refractivity contribution in [2.75, 3.05) is 19.6 Å². The number of carbonyl (C=O) groups is 1. The number of Topliss-reactive ketones (excluding diaryl/α,β-unsaturated/α-hetero) is 1. The van der Waals surface area contributed by atoms with E-state index in [1.807, 2.05) is 19.9 Å². The highest BCUT2D eigenvalue weighted by Gasteiger charge is 2.14. The van der Waals surface area contributed by atoms with Gasteiger partial charge in [0.05, 0.1) is 5.88 Å². The highest BCUT2D eigenvalue weighted by atomic mass is 35.5. The number of methoxy groups -OCH3 is 1. The fraction of sp³-hybridized carbons (Fsp3) is 0.643. The number of ketones is 1. The largest absolute Gasteiger partial charge is 0.385 e. The second-order valence-electron chi connectivity index (χ2n) is 4.55. The molecule has 1 rings (SSSR count). The van der Waals surface area contributed by atoms with Crippen LogP contribution in [0.1, 0.15) is 41.0 Å². The number of alkyl halides is 1. The quantitative estimate of drug-likeness (QED) is 0.412. The molecule has 1 heterocycles. The molecule has 0 spiro atoms. The van der Waals surface area contributed by atoms with Crippen LogP contribution in [-0.2, 0) is 11.3 Å². The Balaban J connectivity index is 2.60. The first-order valence-electron chi connectivity index (χ1n) is 6.36. The molecule has 1 aromatic heterocycles. The first-order chi connectivity index (χ1) is 8.61. The number of aryl methyl sites for hydroxylation is 1. The van der Waals surface area contributed by atoms with Crippen molar-refractivity contribution in [2.24, 2.45) is 0 Å². The van der Waals surface area contributed by atoms with Crippen LogP contribution in [0.3, 0.4) is 0 Å². The van der Waals surface area contributed by atoms with Gasteiger partial charge in [0.1, 0.15) is 0 Å². The number of aromatic nitrogens is 1. The zero-order valence-electron chi connectivity index (χ0n) is 11.5. The monoisotopic (exact) mass is 271 g/mol. The fourth-order valence-electron chi connectivity index (χ4n) is 2.19. The summed E-state index contributed by atoms with van der Waals surface area (Å²) in [6.45, 7) is 5.80. The minimum atomic E-state index is 0.00963. The molecule has 0 atom stereocenters. The van der Waals surface area contributed by atoms with Gasteiger partial charge in [0.2, 0.25) is 0 Å². The van der Waals surface area contributed by atoms with Gasteiger partial charge >= 0.3 is 0 Å². The maximum atomic E-state index is 11.7. The van der Waals surface area contributed by atoms with Gasteiger partial charge in [0.25, 0.3) is 0 Å². The summed E-state index contributed by atoms with van der Waals surface area (Å²) in [4.78, 5) is 11.7. The number of ether oxygens (including phenoxy) is 1. The Morgan fingerprint density at radius 1 is 1.33 bits per heavy atom. The molecule has 0 aromatic carbocycles. The zero-order valence-corrected chi connectivity index (χ0v) is 12.2. The van der Waals surface area contributed by atoms with Gasteiger partial charge in [-0.3, -0.25) is 4.79 Å². The number of nitrogens with zero attached hydrogens (tertiary/aromatic N) is 1. The second kappa shape index (κ2) is 7.59. The van der Waals surface area contributed by atoms with Gasteiger partial charge in [-0.15, -0.1) is 11.6 Å². The van der Waals surface area contributed by atoms with Crippen LogP contribution in [0, 0.1) is 13.8 Å². The molecule has 0 radical (unpaired) electrons. The second-order valence-corrected chi connectivity index (χ2v) is 4.81. The Morgan fingerprint density at radius 3 is 2.67 bits per heavy atom. The molecule has 3 nitrogen and oxygen atoms in total. The number of unbranched alkanes of at least 4 members (excludes halogenated alkanes) is 2. The third kappa shape index (κ3) is 3.85. The van der Waals surface area contributed by atoms with Crippen LogP contribution < -0.4 is 0 Å². The smallest absolute Gasteiger partial charge is 0.179 e. The molecule has 0 unspecified atom stereocenters. The maximum absolute atomic E-state index is 11.7. The number of carbonyl (C=O) groups excluding carboxylic acids is 1. The Hall–Kier alpha value is -0.800.